The Balaban J connectivity index is 1.48. The van der Waals surface area contributed by atoms with E-state index in [2.05, 4.69) is 15.5 Å². The monoisotopic (exact) mass is 419 g/mol. The van der Waals surface area contributed by atoms with Crippen molar-refractivity contribution in [1.82, 2.24) is 19.1 Å². The highest BCUT2D eigenvalue weighted by atomic mass is 32.3. The van der Waals surface area contributed by atoms with E-state index in [9.17, 15) is 13.6 Å². The third-order valence-corrected chi connectivity index (χ3v) is 7.00. The van der Waals surface area contributed by atoms with Gasteiger partial charge in [0.25, 0.3) is 0 Å². The van der Waals surface area contributed by atoms with Crippen molar-refractivity contribution in [2.45, 2.75) is 37.6 Å². The number of nitrogens with zero attached hydrogens (tertiary/aromatic N) is 4. The smallest absolute Gasteiger partial charge is 0.247 e. The lowest BCUT2D eigenvalue weighted by molar-refractivity contribution is -0.119. The van der Waals surface area contributed by atoms with Crippen LogP contribution in [0.15, 0.2) is 24.3 Å². The highest BCUT2D eigenvalue weighted by Gasteiger charge is 2.37. The molecule has 1 saturated heterocycles. The van der Waals surface area contributed by atoms with Gasteiger partial charge >= 0.3 is 0 Å². The summed E-state index contributed by atoms with van der Waals surface area (Å²) in [6.45, 7) is 0.933. The van der Waals surface area contributed by atoms with E-state index in [1.807, 2.05) is 4.57 Å². The van der Waals surface area contributed by atoms with Crippen molar-refractivity contribution in [2.24, 2.45) is 0 Å². The molecule has 0 saturated carbocycles. The summed E-state index contributed by atoms with van der Waals surface area (Å²) in [5, 5.41) is 11.6. The Morgan fingerprint density at radius 2 is 1.90 bits per heavy atom. The number of piperidine rings is 1. The zero-order valence-electron chi connectivity index (χ0n) is 16.5. The number of fused-ring (bicyclic) bond motifs is 1. The fourth-order valence-electron chi connectivity index (χ4n) is 4.11. The van der Waals surface area contributed by atoms with Gasteiger partial charge in [-0.05, 0) is 43.5 Å². The number of aryl methyl sites for hydroxylation is 1. The van der Waals surface area contributed by atoms with Crippen LogP contribution < -0.4 is 10.1 Å². The van der Waals surface area contributed by atoms with E-state index in [1.165, 1.54) is 10.6 Å². The van der Waals surface area contributed by atoms with Crippen LogP contribution in [-0.4, -0.2) is 56.0 Å². The maximum atomic E-state index is 12.9. The van der Waals surface area contributed by atoms with E-state index >= 15 is 0 Å². The topological polar surface area (TPSA) is 112 Å². The van der Waals surface area contributed by atoms with Crippen LogP contribution in [0.1, 0.15) is 42.9 Å². The summed E-state index contributed by atoms with van der Waals surface area (Å²) in [4.78, 5) is 12.9. The standard InChI is InChI=1S/C19H25N5O4S/c1-28-15-5-3-14(4-6-15)20-19(25)16-7-8-17-21-22-18(24(16)17)13-9-11-23(12-10-13)29(2,26)27/h3-6,13,16H,7-12H2,1-2H3,(H-,20,25,26,27). The first-order chi connectivity index (χ1) is 13.9. The van der Waals surface area contributed by atoms with Gasteiger partial charge in [-0.15, -0.1) is 14.5 Å². The van der Waals surface area contributed by atoms with Crippen LogP contribution in [0.3, 0.4) is 0 Å². The van der Waals surface area contributed by atoms with Gasteiger partial charge in [0, 0.05) is 31.1 Å². The molecule has 1 fully saturated rings. The van der Waals surface area contributed by atoms with Gasteiger partial charge in [-0.2, -0.15) is 0 Å². The van der Waals surface area contributed by atoms with Gasteiger partial charge in [0.1, 0.15) is 40.1 Å². The summed E-state index contributed by atoms with van der Waals surface area (Å²) in [6, 6.07) is 6.86. The van der Waals surface area contributed by atoms with Crippen molar-refractivity contribution in [3.63, 3.8) is 0 Å². The number of rotatable bonds is 5. The Kier molecular flexibility index (Phi) is 5.41. The highest BCUT2D eigenvalue weighted by molar-refractivity contribution is 7.94. The molecule has 3 heterocycles. The summed E-state index contributed by atoms with van der Waals surface area (Å²) < 4.78 is 32.1. The molecule has 10 heteroatoms. The molecule has 156 valence electrons. The molecule has 2 unspecified atom stereocenters. The third-order valence-electron chi connectivity index (χ3n) is 5.69. The van der Waals surface area contributed by atoms with Crippen LogP contribution in [0.4, 0.5) is 5.69 Å². The normalized spacial score (nSPS) is 22.1. The number of sulfonamides is 1. The quantitative estimate of drug-likeness (QED) is 0.739. The number of methoxy groups -OCH3 is 1. The van der Waals surface area contributed by atoms with Crippen LogP contribution in [0, 0.1) is 0 Å². The van der Waals surface area contributed by atoms with Crippen LogP contribution in [0.25, 0.3) is 0 Å². The van der Waals surface area contributed by atoms with E-state index in [1.54, 1.807) is 31.4 Å². The number of benzene rings is 1. The van der Waals surface area contributed by atoms with Crippen LogP contribution in [-0.2, 0) is 25.8 Å². The Morgan fingerprint density at radius 1 is 1.21 bits per heavy atom. The highest BCUT2D eigenvalue weighted by Crippen LogP contribution is 2.35. The van der Waals surface area contributed by atoms with Gasteiger partial charge in [-0.1, -0.05) is 4.21 Å². The van der Waals surface area contributed by atoms with Crippen molar-refractivity contribution >= 4 is 22.0 Å². The van der Waals surface area contributed by atoms with Crippen LogP contribution in [0.2, 0.25) is 0 Å². The largest absolute Gasteiger partial charge is 0.598 e. The predicted molar refractivity (Wildman–Crippen MR) is 107 cm³/mol. The number of amides is 1. The number of hydrogen-bond donors (Lipinski definition) is 1. The first-order valence-electron chi connectivity index (χ1n) is 9.70. The minimum atomic E-state index is -3.18. The van der Waals surface area contributed by atoms with E-state index in [0.717, 1.165) is 17.4 Å². The molecule has 29 heavy (non-hydrogen) atoms. The minimum Gasteiger partial charge on any atom is -0.598 e. The summed E-state index contributed by atoms with van der Waals surface area (Å²) >= 11 is 0. The fourth-order valence-corrected chi connectivity index (χ4v) is 4.99. The van der Waals surface area contributed by atoms with Crippen LogP contribution >= 0.6 is 0 Å². The molecule has 2 aliphatic rings. The summed E-state index contributed by atoms with van der Waals surface area (Å²) in [5.41, 5.74) is 0.709. The van der Waals surface area contributed by atoms with Crippen molar-refractivity contribution < 1.29 is 18.3 Å². The number of aromatic nitrogens is 3. The molecule has 0 spiro atoms. The summed E-state index contributed by atoms with van der Waals surface area (Å²) in [7, 11) is -1.58. The van der Waals surface area contributed by atoms with Gasteiger partial charge in [0.15, 0.2) is 0 Å². The molecule has 4 rings (SSSR count). The molecule has 1 amide bonds. The van der Waals surface area contributed by atoms with Crippen molar-refractivity contribution in [2.75, 3.05) is 31.8 Å². The molecule has 1 aromatic heterocycles. The van der Waals surface area contributed by atoms with E-state index in [-0.39, 0.29) is 17.9 Å². The second-order valence-corrected chi connectivity index (χ2v) is 9.54. The zero-order chi connectivity index (χ0) is 20.6. The lowest BCUT2D eigenvalue weighted by atomic mass is 9.97. The maximum absolute atomic E-state index is 12.9. The predicted octanol–water partition coefficient (Wildman–Crippen LogP) is 1.77. The number of hydrogen-bond acceptors (Lipinski definition) is 6. The average Bonchev–Trinajstić information content (AvgIpc) is 3.30. The summed E-state index contributed by atoms with van der Waals surface area (Å²) in [6.07, 6.45) is 3.98. The van der Waals surface area contributed by atoms with Crippen molar-refractivity contribution in [3.05, 3.63) is 35.9 Å². The number of carbonyl (C=O) groups is 1. The number of ether oxygens (including phenoxy) is 1. The molecule has 2 atom stereocenters. The van der Waals surface area contributed by atoms with Gasteiger partial charge in [-0.3, -0.25) is 4.79 Å². The Labute approximate surface area is 170 Å². The van der Waals surface area contributed by atoms with Gasteiger partial charge < -0.3 is 19.2 Å². The first kappa shape index (κ1) is 20.0. The fraction of sp³-hybridized carbons (Fsp3) is 0.526. The molecule has 9 nitrogen and oxygen atoms in total. The molecule has 1 N–H and O–H groups in total. The maximum Gasteiger partial charge on any atom is 0.247 e. The Morgan fingerprint density at radius 3 is 2.52 bits per heavy atom. The molecular formula is C19H25N5O4S. The van der Waals surface area contributed by atoms with E-state index in [4.69, 9.17) is 4.74 Å². The van der Waals surface area contributed by atoms with Crippen molar-refractivity contribution in [3.8, 4) is 5.75 Å². The SMILES string of the molecule is COc1ccc(NC(=O)C2CCc3nnc(C4CCN([S+](C)(=O)[O-])CC4)n32)cc1. The zero-order valence-corrected chi connectivity index (χ0v) is 17.4. The average molecular weight is 420 g/mol. The molecule has 0 aliphatic carbocycles. The number of nitrogens with one attached hydrogen (secondary N) is 1. The van der Waals surface area contributed by atoms with E-state index < -0.39 is 10.4 Å². The number of anilines is 1. The molecule has 1 aromatic carbocycles. The molecular weight excluding hydrogens is 394 g/mol. The second kappa shape index (κ2) is 7.85. The third kappa shape index (κ3) is 4.05. The van der Waals surface area contributed by atoms with Gasteiger partial charge in [-0.25, -0.2) is 0 Å². The van der Waals surface area contributed by atoms with Crippen molar-refractivity contribution in [1.29, 1.82) is 0 Å². The van der Waals surface area contributed by atoms with Gasteiger partial charge in [0.2, 0.25) is 5.91 Å². The molecule has 2 aromatic rings. The Hall–Kier alpha value is -2.30. The van der Waals surface area contributed by atoms with Gasteiger partial charge in [0.05, 0.1) is 7.11 Å². The first-order valence-corrected chi connectivity index (χ1v) is 11.6. The lowest BCUT2D eigenvalue weighted by Gasteiger charge is -2.32. The molecule has 2 aliphatic heterocycles. The van der Waals surface area contributed by atoms with Crippen LogP contribution in [0.5, 0.6) is 5.75 Å². The lowest BCUT2D eigenvalue weighted by Crippen LogP contribution is -2.41. The number of carbonyl (C=O) groups excluding carboxylic acids is 1. The summed E-state index contributed by atoms with van der Waals surface area (Å²) in [5.74, 6) is 2.35. The molecule has 0 radical (unpaired) electrons. The minimum absolute atomic E-state index is 0.0939. The molecule has 0 bridgehead atoms. The second-order valence-electron chi connectivity index (χ2n) is 7.55. The Bertz CT molecular complexity index is 931. The van der Waals surface area contributed by atoms with E-state index in [0.29, 0.717) is 44.5 Å².